The summed E-state index contributed by atoms with van der Waals surface area (Å²) in [5, 5.41) is 11.4. The number of hydrogen-bond donors (Lipinski definition) is 2. The van der Waals surface area contributed by atoms with Crippen molar-refractivity contribution in [2.24, 2.45) is 0 Å². The first-order valence-electron chi connectivity index (χ1n) is 6.75. The van der Waals surface area contributed by atoms with Crippen LogP contribution in [0.3, 0.4) is 0 Å². The summed E-state index contributed by atoms with van der Waals surface area (Å²) in [5.41, 5.74) is 0.581. The number of aliphatic hydroxyl groups excluding tert-OH is 1. The predicted molar refractivity (Wildman–Crippen MR) is 81.6 cm³/mol. The highest BCUT2D eigenvalue weighted by atomic mass is 79.9. The van der Waals surface area contributed by atoms with Crippen LogP contribution in [-0.2, 0) is 4.79 Å². The van der Waals surface area contributed by atoms with Gasteiger partial charge in [0.25, 0.3) is 0 Å². The third kappa shape index (κ3) is 8.35. The molecule has 0 saturated carbocycles. The number of alkyl halides is 3. The van der Waals surface area contributed by atoms with Crippen LogP contribution in [0, 0.1) is 0 Å². The number of carbonyl (C=O) groups excluding carboxylic acids is 1. The lowest BCUT2D eigenvalue weighted by Gasteiger charge is -2.23. The SMILES string of the molecule is O=C(CCN(CCCO)CC(F)(F)F)Nc1cccc(Br)c1. The van der Waals surface area contributed by atoms with Gasteiger partial charge in [-0.1, -0.05) is 22.0 Å². The minimum Gasteiger partial charge on any atom is -0.396 e. The highest BCUT2D eigenvalue weighted by Gasteiger charge is 2.30. The Morgan fingerprint density at radius 3 is 2.64 bits per heavy atom. The van der Waals surface area contributed by atoms with Crippen LogP contribution >= 0.6 is 15.9 Å². The molecule has 0 spiro atoms. The summed E-state index contributed by atoms with van der Waals surface area (Å²) in [5.74, 6) is -0.353. The number of benzene rings is 1. The summed E-state index contributed by atoms with van der Waals surface area (Å²) < 4.78 is 38.1. The molecule has 2 N–H and O–H groups in total. The Labute approximate surface area is 135 Å². The molecule has 0 radical (unpaired) electrons. The smallest absolute Gasteiger partial charge is 0.396 e. The van der Waals surface area contributed by atoms with Crippen LogP contribution in [0.15, 0.2) is 28.7 Å². The maximum Gasteiger partial charge on any atom is 0.401 e. The first kappa shape index (κ1) is 18.9. The molecule has 1 amide bonds. The van der Waals surface area contributed by atoms with Crippen LogP contribution in [0.1, 0.15) is 12.8 Å². The maximum absolute atomic E-state index is 12.4. The molecule has 0 fully saturated rings. The van der Waals surface area contributed by atoms with Crippen molar-refractivity contribution in [2.45, 2.75) is 19.0 Å². The van der Waals surface area contributed by atoms with Gasteiger partial charge in [0, 0.05) is 36.3 Å². The van der Waals surface area contributed by atoms with Crippen molar-refractivity contribution in [3.05, 3.63) is 28.7 Å². The van der Waals surface area contributed by atoms with Crippen molar-refractivity contribution < 1.29 is 23.1 Å². The number of nitrogens with zero attached hydrogens (tertiary/aromatic N) is 1. The van der Waals surface area contributed by atoms with Crippen molar-refractivity contribution in [1.82, 2.24) is 4.90 Å². The molecule has 0 bridgehead atoms. The van der Waals surface area contributed by atoms with Crippen LogP contribution in [0.5, 0.6) is 0 Å². The van der Waals surface area contributed by atoms with E-state index in [-0.39, 0.29) is 38.4 Å². The van der Waals surface area contributed by atoms with Crippen LogP contribution in [-0.4, -0.2) is 48.3 Å². The van der Waals surface area contributed by atoms with E-state index in [0.717, 1.165) is 9.37 Å². The molecule has 0 aromatic heterocycles. The second kappa shape index (κ2) is 9.12. The molecule has 0 aliphatic rings. The van der Waals surface area contributed by atoms with Crippen molar-refractivity contribution in [1.29, 1.82) is 0 Å². The first-order chi connectivity index (χ1) is 10.3. The molecular weight excluding hydrogens is 365 g/mol. The second-order valence-corrected chi connectivity index (χ2v) is 5.69. The quantitative estimate of drug-likeness (QED) is 0.726. The monoisotopic (exact) mass is 382 g/mol. The number of carbonyl (C=O) groups is 1. The van der Waals surface area contributed by atoms with E-state index in [2.05, 4.69) is 21.2 Å². The van der Waals surface area contributed by atoms with Crippen LogP contribution < -0.4 is 5.32 Å². The second-order valence-electron chi connectivity index (χ2n) is 4.78. The Kier molecular flexibility index (Phi) is 7.84. The third-order valence-corrected chi connectivity index (χ3v) is 3.29. The fourth-order valence-electron chi connectivity index (χ4n) is 1.87. The molecule has 0 saturated heterocycles. The van der Waals surface area contributed by atoms with E-state index in [0.29, 0.717) is 5.69 Å². The molecule has 0 atom stereocenters. The molecular formula is C14H18BrF3N2O2. The van der Waals surface area contributed by atoms with Crippen LogP contribution in [0.25, 0.3) is 0 Å². The Morgan fingerprint density at radius 2 is 2.05 bits per heavy atom. The zero-order valence-corrected chi connectivity index (χ0v) is 13.5. The Morgan fingerprint density at radius 1 is 1.32 bits per heavy atom. The van der Waals surface area contributed by atoms with Gasteiger partial charge in [-0.05, 0) is 24.6 Å². The average molecular weight is 383 g/mol. The summed E-state index contributed by atoms with van der Waals surface area (Å²) in [6.45, 7) is -1.19. The molecule has 8 heteroatoms. The predicted octanol–water partition coefficient (Wildman–Crippen LogP) is 3.02. The van der Waals surface area contributed by atoms with Gasteiger partial charge in [-0.25, -0.2) is 0 Å². The molecule has 0 heterocycles. The topological polar surface area (TPSA) is 52.6 Å². The maximum atomic E-state index is 12.4. The molecule has 22 heavy (non-hydrogen) atoms. The Hall–Kier alpha value is -1.12. The molecule has 1 rings (SSSR count). The van der Waals surface area contributed by atoms with Crippen molar-refractivity contribution in [3.8, 4) is 0 Å². The molecule has 1 aromatic rings. The van der Waals surface area contributed by atoms with E-state index in [9.17, 15) is 18.0 Å². The van der Waals surface area contributed by atoms with E-state index >= 15 is 0 Å². The van der Waals surface area contributed by atoms with Gasteiger partial charge in [-0.2, -0.15) is 13.2 Å². The number of rotatable bonds is 8. The van der Waals surface area contributed by atoms with E-state index in [1.165, 1.54) is 0 Å². The number of hydrogen-bond acceptors (Lipinski definition) is 3. The molecule has 4 nitrogen and oxygen atoms in total. The first-order valence-corrected chi connectivity index (χ1v) is 7.55. The highest BCUT2D eigenvalue weighted by Crippen LogP contribution is 2.18. The van der Waals surface area contributed by atoms with Gasteiger partial charge in [0.15, 0.2) is 0 Å². The van der Waals surface area contributed by atoms with Crippen molar-refractivity contribution >= 4 is 27.5 Å². The standard InChI is InChI=1S/C14H18BrF3N2O2/c15-11-3-1-4-12(9-11)19-13(22)5-7-20(6-2-8-21)10-14(16,17)18/h1,3-4,9,21H,2,5-8,10H2,(H,19,22). The van der Waals surface area contributed by atoms with E-state index in [4.69, 9.17) is 5.11 Å². The molecule has 0 unspecified atom stereocenters. The van der Waals surface area contributed by atoms with Crippen LogP contribution in [0.2, 0.25) is 0 Å². The zero-order chi connectivity index (χ0) is 16.6. The summed E-state index contributed by atoms with van der Waals surface area (Å²) >= 11 is 3.27. The fourth-order valence-corrected chi connectivity index (χ4v) is 2.27. The van der Waals surface area contributed by atoms with Gasteiger partial charge in [-0.3, -0.25) is 9.69 Å². The van der Waals surface area contributed by atoms with Crippen molar-refractivity contribution in [2.75, 3.05) is 31.6 Å². The van der Waals surface area contributed by atoms with E-state index in [1.54, 1.807) is 24.3 Å². The van der Waals surface area contributed by atoms with E-state index in [1.807, 2.05) is 0 Å². The summed E-state index contributed by atoms with van der Waals surface area (Å²) in [6.07, 6.45) is -4.13. The normalized spacial score (nSPS) is 11.7. The lowest BCUT2D eigenvalue weighted by Crippen LogP contribution is -2.37. The Balaban J connectivity index is 2.47. The molecule has 124 valence electrons. The highest BCUT2D eigenvalue weighted by molar-refractivity contribution is 9.10. The minimum atomic E-state index is -4.32. The van der Waals surface area contributed by atoms with Gasteiger partial charge in [0.2, 0.25) is 5.91 Å². The lowest BCUT2D eigenvalue weighted by molar-refractivity contribution is -0.147. The third-order valence-electron chi connectivity index (χ3n) is 2.80. The van der Waals surface area contributed by atoms with E-state index < -0.39 is 12.7 Å². The summed E-state index contributed by atoms with van der Waals surface area (Å²) in [7, 11) is 0. The summed E-state index contributed by atoms with van der Waals surface area (Å²) in [4.78, 5) is 12.9. The van der Waals surface area contributed by atoms with Gasteiger partial charge < -0.3 is 10.4 Å². The van der Waals surface area contributed by atoms with Gasteiger partial charge in [0.1, 0.15) is 0 Å². The lowest BCUT2D eigenvalue weighted by atomic mass is 10.3. The largest absolute Gasteiger partial charge is 0.401 e. The molecule has 0 aliphatic carbocycles. The number of halogens is 4. The van der Waals surface area contributed by atoms with Crippen LogP contribution in [0.4, 0.5) is 18.9 Å². The zero-order valence-electron chi connectivity index (χ0n) is 11.9. The van der Waals surface area contributed by atoms with Gasteiger partial charge in [0.05, 0.1) is 6.54 Å². The number of nitrogens with one attached hydrogen (secondary N) is 1. The van der Waals surface area contributed by atoms with Gasteiger partial charge in [-0.15, -0.1) is 0 Å². The van der Waals surface area contributed by atoms with Gasteiger partial charge >= 0.3 is 6.18 Å². The minimum absolute atomic E-state index is 0.0145. The molecule has 1 aromatic carbocycles. The number of anilines is 1. The number of amides is 1. The average Bonchev–Trinajstić information content (AvgIpc) is 2.40. The fraction of sp³-hybridized carbons (Fsp3) is 0.500. The number of aliphatic hydroxyl groups is 1. The molecule has 0 aliphatic heterocycles. The Bertz CT molecular complexity index is 483. The van der Waals surface area contributed by atoms with Crippen molar-refractivity contribution in [3.63, 3.8) is 0 Å². The summed E-state index contributed by atoms with van der Waals surface area (Å²) in [6, 6.07) is 6.95.